The number of amides is 1. The topological polar surface area (TPSA) is 54.7 Å². The van der Waals surface area contributed by atoms with E-state index < -0.39 is 0 Å². The molecule has 2 aromatic rings. The summed E-state index contributed by atoms with van der Waals surface area (Å²) >= 11 is 0. The molecule has 5 heteroatoms. The number of carbonyl (C=O) groups is 1. The van der Waals surface area contributed by atoms with Gasteiger partial charge in [0.25, 0.3) is 0 Å². The quantitative estimate of drug-likeness (QED) is 0.847. The van der Waals surface area contributed by atoms with Crippen molar-refractivity contribution in [1.29, 1.82) is 0 Å². The molecular weight excluding hydrogens is 304 g/mol. The number of furan rings is 1. The molecule has 0 bridgehead atoms. The van der Waals surface area contributed by atoms with Crippen molar-refractivity contribution in [3.05, 3.63) is 60.1 Å². The van der Waals surface area contributed by atoms with Crippen LogP contribution in [0, 0.1) is 0 Å². The van der Waals surface area contributed by atoms with Gasteiger partial charge in [-0.05, 0) is 17.7 Å². The summed E-state index contributed by atoms with van der Waals surface area (Å²) in [6.45, 7) is 3.96. The fourth-order valence-electron chi connectivity index (χ4n) is 2.90. The van der Waals surface area contributed by atoms with Gasteiger partial charge in [0, 0.05) is 39.0 Å². The summed E-state index contributed by atoms with van der Waals surface area (Å²) < 4.78 is 11.0. The van der Waals surface area contributed by atoms with Crippen LogP contribution in [0.1, 0.15) is 17.7 Å². The molecule has 1 unspecified atom stereocenters. The summed E-state index contributed by atoms with van der Waals surface area (Å²) in [4.78, 5) is 14.3. The van der Waals surface area contributed by atoms with Gasteiger partial charge in [0.15, 0.2) is 0 Å². The van der Waals surface area contributed by atoms with E-state index >= 15 is 0 Å². The fourth-order valence-corrected chi connectivity index (χ4v) is 2.90. The maximum Gasteiger partial charge on any atom is 0.220 e. The maximum absolute atomic E-state index is 11.9. The van der Waals surface area contributed by atoms with Crippen molar-refractivity contribution < 1.29 is 13.9 Å². The number of morpholine rings is 1. The molecule has 0 spiro atoms. The van der Waals surface area contributed by atoms with Gasteiger partial charge in [0.2, 0.25) is 5.91 Å². The lowest BCUT2D eigenvalue weighted by Crippen LogP contribution is -2.47. The Morgan fingerprint density at radius 1 is 1.21 bits per heavy atom. The summed E-state index contributed by atoms with van der Waals surface area (Å²) in [6, 6.07) is 14.2. The third-order valence-electron chi connectivity index (χ3n) is 4.18. The van der Waals surface area contributed by atoms with Crippen LogP contribution >= 0.6 is 0 Å². The predicted molar refractivity (Wildman–Crippen MR) is 91.5 cm³/mol. The monoisotopic (exact) mass is 328 g/mol. The highest BCUT2D eigenvalue weighted by molar-refractivity contribution is 5.76. The first-order valence-electron chi connectivity index (χ1n) is 8.46. The second-order valence-corrected chi connectivity index (χ2v) is 6.10. The molecule has 3 rings (SSSR count). The minimum atomic E-state index is 0.0372. The van der Waals surface area contributed by atoms with Crippen LogP contribution in [-0.2, 0) is 22.5 Å². The Bertz CT molecular complexity index is 613. The van der Waals surface area contributed by atoms with Crippen LogP contribution in [0.5, 0.6) is 0 Å². The summed E-state index contributed by atoms with van der Waals surface area (Å²) in [7, 11) is 0. The van der Waals surface area contributed by atoms with Gasteiger partial charge in [-0.2, -0.15) is 0 Å². The SMILES string of the molecule is O=C(CCc1ccco1)NCC1CN(Cc2ccccc2)CCO1. The number of hydrogen-bond acceptors (Lipinski definition) is 4. The van der Waals surface area contributed by atoms with Crippen LogP contribution < -0.4 is 5.32 Å². The molecule has 1 aliphatic rings. The summed E-state index contributed by atoms with van der Waals surface area (Å²) in [6.07, 6.45) is 2.75. The normalized spacial score (nSPS) is 18.4. The Morgan fingerprint density at radius 3 is 2.88 bits per heavy atom. The van der Waals surface area contributed by atoms with E-state index in [9.17, 15) is 4.79 Å². The molecular formula is C19H24N2O3. The van der Waals surface area contributed by atoms with Crippen LogP contribution in [0.15, 0.2) is 53.1 Å². The lowest BCUT2D eigenvalue weighted by molar-refractivity contribution is -0.122. The summed E-state index contributed by atoms with van der Waals surface area (Å²) in [5.74, 6) is 0.878. The summed E-state index contributed by atoms with van der Waals surface area (Å²) in [5, 5.41) is 2.97. The zero-order valence-electron chi connectivity index (χ0n) is 13.8. The van der Waals surface area contributed by atoms with E-state index in [0.717, 1.165) is 25.4 Å². The number of aryl methyl sites for hydroxylation is 1. The first-order chi connectivity index (χ1) is 11.8. The second kappa shape index (κ2) is 8.66. The zero-order valence-corrected chi connectivity index (χ0v) is 13.8. The van der Waals surface area contributed by atoms with Crippen molar-refractivity contribution in [1.82, 2.24) is 10.2 Å². The molecule has 1 atom stereocenters. The number of carbonyl (C=O) groups excluding carboxylic acids is 1. The second-order valence-electron chi connectivity index (χ2n) is 6.10. The standard InChI is InChI=1S/C19H24N2O3/c22-19(9-8-17-7-4-11-23-17)20-13-18-15-21(10-12-24-18)14-16-5-2-1-3-6-16/h1-7,11,18H,8-10,12-15H2,(H,20,22). The van der Waals surface area contributed by atoms with Crippen molar-refractivity contribution >= 4 is 5.91 Å². The minimum Gasteiger partial charge on any atom is -0.469 e. The molecule has 1 aliphatic heterocycles. The van der Waals surface area contributed by atoms with E-state index in [1.165, 1.54) is 5.56 Å². The van der Waals surface area contributed by atoms with Crippen molar-refractivity contribution in [2.45, 2.75) is 25.5 Å². The van der Waals surface area contributed by atoms with E-state index in [1.54, 1.807) is 6.26 Å². The van der Waals surface area contributed by atoms with Crippen LogP contribution in [0.2, 0.25) is 0 Å². The minimum absolute atomic E-state index is 0.0372. The van der Waals surface area contributed by atoms with Crippen LogP contribution in [0.4, 0.5) is 0 Å². The van der Waals surface area contributed by atoms with E-state index in [-0.39, 0.29) is 12.0 Å². The molecule has 1 aromatic heterocycles. The van der Waals surface area contributed by atoms with Gasteiger partial charge in [-0.1, -0.05) is 30.3 Å². The highest BCUT2D eigenvalue weighted by Gasteiger charge is 2.21. The lowest BCUT2D eigenvalue weighted by Gasteiger charge is -2.33. The Kier molecular flexibility index (Phi) is 6.04. The predicted octanol–water partition coefficient (Wildman–Crippen LogP) is 2.23. The van der Waals surface area contributed by atoms with Gasteiger partial charge < -0.3 is 14.5 Å². The zero-order chi connectivity index (χ0) is 16.6. The Morgan fingerprint density at radius 2 is 2.08 bits per heavy atom. The molecule has 1 N–H and O–H groups in total. The number of hydrogen-bond donors (Lipinski definition) is 1. The first-order valence-corrected chi connectivity index (χ1v) is 8.46. The van der Waals surface area contributed by atoms with Gasteiger partial charge in [0.1, 0.15) is 5.76 Å². The number of nitrogens with zero attached hydrogens (tertiary/aromatic N) is 1. The molecule has 1 amide bonds. The number of nitrogens with one attached hydrogen (secondary N) is 1. The molecule has 0 saturated carbocycles. The average molecular weight is 328 g/mol. The van der Waals surface area contributed by atoms with Crippen molar-refractivity contribution in [2.24, 2.45) is 0 Å². The third kappa shape index (κ3) is 5.22. The van der Waals surface area contributed by atoms with E-state index in [2.05, 4.69) is 34.5 Å². The maximum atomic E-state index is 11.9. The molecule has 2 heterocycles. The van der Waals surface area contributed by atoms with Gasteiger partial charge >= 0.3 is 0 Å². The number of benzene rings is 1. The number of rotatable bonds is 7. The van der Waals surface area contributed by atoms with Crippen LogP contribution in [0.25, 0.3) is 0 Å². The van der Waals surface area contributed by atoms with Gasteiger partial charge in [-0.25, -0.2) is 0 Å². The Balaban J connectivity index is 1.38. The van der Waals surface area contributed by atoms with Crippen molar-refractivity contribution in [3.63, 3.8) is 0 Å². The van der Waals surface area contributed by atoms with Gasteiger partial charge in [-0.3, -0.25) is 9.69 Å². The van der Waals surface area contributed by atoms with Gasteiger partial charge in [0.05, 0.1) is 19.0 Å². The van der Waals surface area contributed by atoms with Crippen molar-refractivity contribution in [3.8, 4) is 0 Å². The lowest BCUT2D eigenvalue weighted by atomic mass is 10.2. The molecule has 0 aliphatic carbocycles. The average Bonchev–Trinajstić information content (AvgIpc) is 3.13. The largest absolute Gasteiger partial charge is 0.469 e. The number of ether oxygens (including phenoxy) is 1. The van der Waals surface area contributed by atoms with Crippen LogP contribution in [-0.4, -0.2) is 43.2 Å². The van der Waals surface area contributed by atoms with Crippen LogP contribution in [0.3, 0.4) is 0 Å². The molecule has 1 fully saturated rings. The molecule has 128 valence electrons. The molecule has 1 saturated heterocycles. The van der Waals surface area contributed by atoms with Crippen molar-refractivity contribution in [2.75, 3.05) is 26.2 Å². The molecule has 24 heavy (non-hydrogen) atoms. The van der Waals surface area contributed by atoms with E-state index in [0.29, 0.717) is 26.0 Å². The van der Waals surface area contributed by atoms with E-state index in [4.69, 9.17) is 9.15 Å². The molecule has 0 radical (unpaired) electrons. The van der Waals surface area contributed by atoms with E-state index in [1.807, 2.05) is 18.2 Å². The Hall–Kier alpha value is -2.11. The Labute approximate surface area is 142 Å². The fraction of sp³-hybridized carbons (Fsp3) is 0.421. The smallest absolute Gasteiger partial charge is 0.220 e. The highest BCUT2D eigenvalue weighted by Crippen LogP contribution is 2.10. The molecule has 1 aromatic carbocycles. The first kappa shape index (κ1) is 16.7. The van der Waals surface area contributed by atoms with Gasteiger partial charge in [-0.15, -0.1) is 0 Å². The third-order valence-corrected chi connectivity index (χ3v) is 4.18. The highest BCUT2D eigenvalue weighted by atomic mass is 16.5. The summed E-state index contributed by atoms with van der Waals surface area (Å²) in [5.41, 5.74) is 1.31. The molecule has 5 nitrogen and oxygen atoms in total.